The molecule has 28 heavy (non-hydrogen) atoms. The van der Waals surface area contributed by atoms with Gasteiger partial charge in [-0.05, 0) is 36.5 Å². The number of benzene rings is 2. The lowest BCUT2D eigenvalue weighted by atomic mass is 10.2. The molecule has 0 fully saturated rings. The van der Waals surface area contributed by atoms with Crippen LogP contribution in [0.3, 0.4) is 0 Å². The summed E-state index contributed by atoms with van der Waals surface area (Å²) >= 11 is 12.5. The number of halogens is 1. The number of anilines is 1. The summed E-state index contributed by atoms with van der Waals surface area (Å²) in [7, 11) is 1.54. The number of phenolic OH excluding ortho intramolecular Hbond substituents is 1. The molecule has 0 aliphatic rings. The number of nitro benzene ring substituents is 1. The normalized spacial score (nSPS) is 10.5. The highest BCUT2D eigenvalue weighted by molar-refractivity contribution is 7.80. The van der Waals surface area contributed by atoms with Crippen molar-refractivity contribution in [2.24, 2.45) is 0 Å². The number of thiocarbonyl (C=S) groups is 1. The predicted molar refractivity (Wildman–Crippen MR) is 112 cm³/mol. The van der Waals surface area contributed by atoms with Crippen molar-refractivity contribution in [2.75, 3.05) is 12.4 Å². The fourth-order valence-corrected chi connectivity index (χ4v) is 4.01. The summed E-state index contributed by atoms with van der Waals surface area (Å²) in [4.78, 5) is 23.0. The second-order valence-electron chi connectivity index (χ2n) is 5.47. The highest BCUT2D eigenvalue weighted by Gasteiger charge is 2.19. The molecule has 0 aliphatic carbocycles. The Labute approximate surface area is 172 Å². The Morgan fingerprint density at radius 2 is 2.07 bits per heavy atom. The lowest BCUT2D eigenvalue weighted by Gasteiger charge is -2.10. The maximum absolute atomic E-state index is 12.5. The monoisotopic (exact) mass is 437 g/mol. The van der Waals surface area contributed by atoms with Gasteiger partial charge in [0.1, 0.15) is 16.4 Å². The number of hydrogen-bond acceptors (Lipinski definition) is 7. The number of nitro groups is 1. The zero-order valence-electron chi connectivity index (χ0n) is 14.2. The standard InChI is InChI=1S/C17H12ClN3O5S2/c1-26-9-3-4-10-13(7-9)28-15(14(10)18)16(23)20-17(27)19-11-6-8(21(24)25)2-5-12(11)22/h2-7,22H,1H3,(H2,19,20,23,27). The fourth-order valence-electron chi connectivity index (χ4n) is 2.37. The van der Waals surface area contributed by atoms with Gasteiger partial charge in [0.25, 0.3) is 11.6 Å². The van der Waals surface area contributed by atoms with E-state index in [-0.39, 0.29) is 32.1 Å². The number of phenols is 1. The van der Waals surface area contributed by atoms with Gasteiger partial charge in [0.05, 0.1) is 22.7 Å². The zero-order valence-corrected chi connectivity index (χ0v) is 16.6. The number of fused-ring (bicyclic) bond motifs is 1. The molecule has 1 amide bonds. The summed E-state index contributed by atoms with van der Waals surface area (Å²) in [5.41, 5.74) is -0.248. The number of hydrogen-bond donors (Lipinski definition) is 3. The molecule has 3 aromatic rings. The molecule has 0 saturated carbocycles. The highest BCUT2D eigenvalue weighted by atomic mass is 35.5. The van der Waals surface area contributed by atoms with Crippen molar-refractivity contribution in [1.29, 1.82) is 0 Å². The molecule has 3 N–H and O–H groups in total. The number of carbonyl (C=O) groups excluding carboxylic acids is 1. The van der Waals surface area contributed by atoms with E-state index in [1.54, 1.807) is 18.2 Å². The van der Waals surface area contributed by atoms with Crippen molar-refractivity contribution in [2.45, 2.75) is 0 Å². The molecule has 11 heteroatoms. The molecule has 1 heterocycles. The van der Waals surface area contributed by atoms with Crippen LogP contribution in [0.1, 0.15) is 9.67 Å². The van der Waals surface area contributed by atoms with E-state index in [2.05, 4.69) is 10.6 Å². The van der Waals surface area contributed by atoms with Gasteiger partial charge in [0.15, 0.2) is 5.11 Å². The van der Waals surface area contributed by atoms with Gasteiger partial charge < -0.3 is 15.2 Å². The predicted octanol–water partition coefficient (Wildman–Crippen LogP) is 4.30. The van der Waals surface area contributed by atoms with Gasteiger partial charge in [0, 0.05) is 22.2 Å². The number of non-ortho nitro benzene ring substituents is 1. The van der Waals surface area contributed by atoms with E-state index in [1.165, 1.54) is 18.4 Å². The number of nitrogens with zero attached hydrogens (tertiary/aromatic N) is 1. The van der Waals surface area contributed by atoms with Crippen molar-refractivity contribution in [3.8, 4) is 11.5 Å². The van der Waals surface area contributed by atoms with Gasteiger partial charge in [-0.25, -0.2) is 0 Å². The first-order valence-electron chi connectivity index (χ1n) is 7.66. The van der Waals surface area contributed by atoms with Crippen LogP contribution in [0.5, 0.6) is 11.5 Å². The first kappa shape index (κ1) is 19.8. The maximum atomic E-state index is 12.5. The number of aromatic hydroxyl groups is 1. The van der Waals surface area contributed by atoms with Crippen molar-refractivity contribution < 1.29 is 19.6 Å². The van der Waals surface area contributed by atoms with Gasteiger partial charge in [-0.2, -0.15) is 0 Å². The van der Waals surface area contributed by atoms with Gasteiger partial charge >= 0.3 is 0 Å². The Kier molecular flexibility index (Phi) is 5.63. The van der Waals surface area contributed by atoms with Crippen LogP contribution < -0.4 is 15.4 Å². The molecular formula is C17H12ClN3O5S2. The number of carbonyl (C=O) groups is 1. The number of methoxy groups -OCH3 is 1. The molecule has 0 aliphatic heterocycles. The van der Waals surface area contributed by atoms with E-state index in [0.29, 0.717) is 11.1 Å². The number of amides is 1. The summed E-state index contributed by atoms with van der Waals surface area (Å²) in [6.07, 6.45) is 0. The van der Waals surface area contributed by atoms with Crippen molar-refractivity contribution in [1.82, 2.24) is 5.32 Å². The molecule has 2 aromatic carbocycles. The third kappa shape index (κ3) is 3.98. The maximum Gasteiger partial charge on any atom is 0.271 e. The molecule has 0 bridgehead atoms. The SMILES string of the molecule is COc1ccc2c(Cl)c(C(=O)NC(=S)Nc3cc([N+](=O)[O-])ccc3O)sc2c1. The highest BCUT2D eigenvalue weighted by Crippen LogP contribution is 2.37. The molecule has 0 saturated heterocycles. The van der Waals surface area contributed by atoms with Crippen LogP contribution in [0.25, 0.3) is 10.1 Å². The van der Waals surface area contributed by atoms with Gasteiger partial charge in [-0.3, -0.25) is 20.2 Å². The van der Waals surface area contributed by atoms with Crippen LogP contribution in [-0.4, -0.2) is 28.2 Å². The van der Waals surface area contributed by atoms with E-state index in [4.69, 9.17) is 28.6 Å². The zero-order chi connectivity index (χ0) is 20.4. The van der Waals surface area contributed by atoms with Crippen molar-refractivity contribution in [3.05, 3.63) is 56.4 Å². The third-order valence-corrected chi connectivity index (χ3v) is 5.57. The van der Waals surface area contributed by atoms with Crippen LogP contribution in [0.4, 0.5) is 11.4 Å². The lowest BCUT2D eigenvalue weighted by Crippen LogP contribution is -2.33. The number of thiophene rings is 1. The molecule has 0 unspecified atom stereocenters. The topological polar surface area (TPSA) is 114 Å². The molecule has 0 atom stereocenters. The fraction of sp³-hybridized carbons (Fsp3) is 0.0588. The van der Waals surface area contributed by atoms with E-state index in [9.17, 15) is 20.0 Å². The summed E-state index contributed by atoms with van der Waals surface area (Å²) in [5.74, 6) is -0.169. The van der Waals surface area contributed by atoms with E-state index in [0.717, 1.165) is 22.9 Å². The van der Waals surface area contributed by atoms with Crippen LogP contribution in [0, 0.1) is 10.1 Å². The van der Waals surface area contributed by atoms with Gasteiger partial charge in [-0.1, -0.05) is 11.6 Å². The van der Waals surface area contributed by atoms with Gasteiger partial charge in [-0.15, -0.1) is 11.3 Å². The summed E-state index contributed by atoms with van der Waals surface area (Å²) in [6, 6.07) is 8.66. The van der Waals surface area contributed by atoms with Gasteiger partial charge in [0.2, 0.25) is 0 Å². The Morgan fingerprint density at radius 1 is 1.32 bits per heavy atom. The number of ether oxygens (including phenoxy) is 1. The van der Waals surface area contributed by atoms with Crippen molar-refractivity contribution >= 4 is 67.6 Å². The average molecular weight is 438 g/mol. The molecule has 1 aromatic heterocycles. The molecule has 3 rings (SSSR count). The summed E-state index contributed by atoms with van der Waals surface area (Å²) < 4.78 is 5.93. The van der Waals surface area contributed by atoms with Crippen LogP contribution >= 0.6 is 35.2 Å². The Morgan fingerprint density at radius 3 is 2.75 bits per heavy atom. The molecule has 8 nitrogen and oxygen atoms in total. The summed E-state index contributed by atoms with van der Waals surface area (Å²) in [6.45, 7) is 0. The van der Waals surface area contributed by atoms with E-state index < -0.39 is 10.8 Å². The largest absolute Gasteiger partial charge is 0.506 e. The minimum atomic E-state index is -0.614. The van der Waals surface area contributed by atoms with Crippen LogP contribution in [0.2, 0.25) is 5.02 Å². The Hall–Kier alpha value is -2.95. The third-order valence-electron chi connectivity index (χ3n) is 3.71. The number of rotatable bonds is 4. The first-order chi connectivity index (χ1) is 13.3. The Bertz CT molecular complexity index is 1120. The molecule has 0 radical (unpaired) electrons. The minimum absolute atomic E-state index is 0.00771. The molecule has 0 spiro atoms. The van der Waals surface area contributed by atoms with Crippen LogP contribution in [0.15, 0.2) is 36.4 Å². The average Bonchev–Trinajstić information content (AvgIpc) is 2.99. The van der Waals surface area contributed by atoms with Crippen molar-refractivity contribution in [3.63, 3.8) is 0 Å². The Balaban J connectivity index is 1.79. The minimum Gasteiger partial charge on any atom is -0.506 e. The van der Waals surface area contributed by atoms with E-state index in [1.807, 2.05) is 0 Å². The smallest absolute Gasteiger partial charge is 0.271 e. The molecule has 144 valence electrons. The number of nitrogens with one attached hydrogen (secondary N) is 2. The first-order valence-corrected chi connectivity index (χ1v) is 9.26. The lowest BCUT2D eigenvalue weighted by molar-refractivity contribution is -0.384. The second-order valence-corrected chi connectivity index (χ2v) is 7.31. The summed E-state index contributed by atoms with van der Waals surface area (Å²) in [5, 5.41) is 26.5. The second kappa shape index (κ2) is 7.97. The van der Waals surface area contributed by atoms with Crippen LogP contribution in [-0.2, 0) is 0 Å². The molecular weight excluding hydrogens is 426 g/mol. The van der Waals surface area contributed by atoms with E-state index >= 15 is 0 Å². The quantitative estimate of drug-likeness (QED) is 0.241.